The van der Waals surface area contributed by atoms with Gasteiger partial charge in [-0.05, 0) is 32.9 Å². The van der Waals surface area contributed by atoms with Gasteiger partial charge in [-0.25, -0.2) is 15.0 Å². The third-order valence-electron chi connectivity index (χ3n) is 3.20. The number of nitrogens with zero attached hydrogens (tertiary/aromatic N) is 3. The number of esters is 2. The van der Waals surface area contributed by atoms with Crippen molar-refractivity contribution < 1.29 is 19.1 Å². The zero-order chi connectivity index (χ0) is 17.5. The number of aromatic nitrogens is 2. The fraction of sp³-hybridized carbons (Fsp3) is 0.353. The van der Waals surface area contributed by atoms with Crippen molar-refractivity contribution in [2.24, 2.45) is 10.9 Å². The summed E-state index contributed by atoms with van der Waals surface area (Å²) in [6.45, 7) is 5.60. The first-order valence-electron chi connectivity index (χ1n) is 7.65. The lowest BCUT2D eigenvalue weighted by molar-refractivity contribution is -0.157. The summed E-state index contributed by atoms with van der Waals surface area (Å²) >= 11 is 0. The van der Waals surface area contributed by atoms with Gasteiger partial charge in [0.15, 0.2) is 11.7 Å². The van der Waals surface area contributed by atoms with Crippen LogP contribution in [0, 0.1) is 12.8 Å². The van der Waals surface area contributed by atoms with Gasteiger partial charge < -0.3 is 9.47 Å². The van der Waals surface area contributed by atoms with E-state index in [0.717, 1.165) is 16.5 Å². The number of fused-ring (bicyclic) bond motifs is 1. The molecular formula is C17H19N3O4. The van der Waals surface area contributed by atoms with Gasteiger partial charge in [-0.2, -0.15) is 0 Å². The molecule has 0 fully saturated rings. The number of benzene rings is 1. The Bertz CT molecular complexity index is 756. The van der Waals surface area contributed by atoms with Crippen molar-refractivity contribution >= 4 is 34.9 Å². The number of hydrogen-bond donors (Lipinski definition) is 0. The van der Waals surface area contributed by atoms with E-state index in [1.807, 2.05) is 25.1 Å². The molecule has 0 unspecified atom stereocenters. The van der Waals surface area contributed by atoms with Gasteiger partial charge in [0.25, 0.3) is 0 Å². The van der Waals surface area contributed by atoms with Crippen LogP contribution in [0.15, 0.2) is 29.5 Å². The van der Waals surface area contributed by atoms with Crippen molar-refractivity contribution in [2.45, 2.75) is 20.8 Å². The highest BCUT2D eigenvalue weighted by atomic mass is 16.6. The molecule has 0 aliphatic rings. The Morgan fingerprint density at radius 3 is 2.46 bits per heavy atom. The first kappa shape index (κ1) is 17.5. The summed E-state index contributed by atoms with van der Waals surface area (Å²) in [7, 11) is 0. The lowest BCUT2D eigenvalue weighted by atomic mass is 10.1. The number of rotatable bonds is 6. The smallest absolute Gasteiger partial charge is 0.325 e. The topological polar surface area (TPSA) is 90.7 Å². The van der Waals surface area contributed by atoms with Gasteiger partial charge in [-0.1, -0.05) is 11.6 Å². The lowest BCUT2D eigenvalue weighted by Gasteiger charge is -2.10. The second-order valence-corrected chi connectivity index (χ2v) is 4.98. The first-order chi connectivity index (χ1) is 11.6. The number of aryl methyl sites for hydroxylation is 1. The van der Waals surface area contributed by atoms with Crippen LogP contribution in [0.3, 0.4) is 0 Å². The summed E-state index contributed by atoms with van der Waals surface area (Å²) < 4.78 is 9.81. The van der Waals surface area contributed by atoms with Gasteiger partial charge in [-0.15, -0.1) is 0 Å². The van der Waals surface area contributed by atoms with Gasteiger partial charge in [0, 0.05) is 11.6 Å². The molecule has 0 saturated heterocycles. The molecule has 0 spiro atoms. The van der Waals surface area contributed by atoms with E-state index in [9.17, 15) is 9.59 Å². The van der Waals surface area contributed by atoms with Crippen LogP contribution >= 0.6 is 0 Å². The minimum absolute atomic E-state index is 0.165. The number of ether oxygens (including phenoxy) is 2. The Morgan fingerprint density at radius 2 is 1.83 bits per heavy atom. The van der Waals surface area contributed by atoms with E-state index < -0.39 is 17.9 Å². The Kier molecular flexibility index (Phi) is 5.95. The summed E-state index contributed by atoms with van der Waals surface area (Å²) in [4.78, 5) is 36.4. The molecule has 7 nitrogen and oxygen atoms in total. The summed E-state index contributed by atoms with van der Waals surface area (Å²) in [6, 6.07) is 5.69. The van der Waals surface area contributed by atoms with Crippen LogP contribution in [-0.4, -0.2) is 41.3 Å². The lowest BCUT2D eigenvalue weighted by Crippen LogP contribution is -2.29. The zero-order valence-corrected chi connectivity index (χ0v) is 13.9. The van der Waals surface area contributed by atoms with Crippen molar-refractivity contribution in [1.82, 2.24) is 9.97 Å². The average Bonchev–Trinajstić information content (AvgIpc) is 2.56. The van der Waals surface area contributed by atoms with E-state index in [2.05, 4.69) is 15.0 Å². The third-order valence-corrected chi connectivity index (χ3v) is 3.20. The molecule has 2 aromatic rings. The Balaban J connectivity index is 2.36. The minimum atomic E-state index is -1.22. The number of aliphatic imine (C=N–C) groups is 1. The summed E-state index contributed by atoms with van der Waals surface area (Å²) in [5.41, 5.74) is 1.76. The largest absolute Gasteiger partial charge is 0.465 e. The molecular weight excluding hydrogens is 310 g/mol. The molecule has 2 rings (SSSR count). The molecule has 0 aliphatic heterocycles. The normalized spacial score (nSPS) is 11.2. The van der Waals surface area contributed by atoms with E-state index in [0.29, 0.717) is 5.82 Å². The van der Waals surface area contributed by atoms with Crippen LogP contribution in [0.5, 0.6) is 0 Å². The second-order valence-electron chi connectivity index (χ2n) is 4.98. The van der Waals surface area contributed by atoms with E-state index in [1.54, 1.807) is 13.8 Å². The maximum absolute atomic E-state index is 12.0. The average molecular weight is 329 g/mol. The minimum Gasteiger partial charge on any atom is -0.465 e. The molecule has 0 atom stereocenters. The van der Waals surface area contributed by atoms with E-state index in [-0.39, 0.29) is 13.2 Å². The molecule has 24 heavy (non-hydrogen) atoms. The molecule has 0 aliphatic carbocycles. The van der Waals surface area contributed by atoms with Gasteiger partial charge in [0.05, 0.1) is 18.7 Å². The van der Waals surface area contributed by atoms with Crippen LogP contribution in [0.1, 0.15) is 19.4 Å². The number of carbonyl (C=O) groups is 2. The van der Waals surface area contributed by atoms with Crippen molar-refractivity contribution in [1.29, 1.82) is 0 Å². The first-order valence-corrected chi connectivity index (χ1v) is 7.65. The molecule has 0 amide bonds. The van der Waals surface area contributed by atoms with Gasteiger partial charge >= 0.3 is 11.9 Å². The zero-order valence-electron chi connectivity index (χ0n) is 13.9. The monoisotopic (exact) mass is 329 g/mol. The molecule has 1 aromatic carbocycles. The van der Waals surface area contributed by atoms with Crippen LogP contribution in [-0.2, 0) is 19.1 Å². The van der Waals surface area contributed by atoms with Crippen LogP contribution in [0.25, 0.3) is 10.9 Å². The highest BCUT2D eigenvalue weighted by Crippen LogP contribution is 2.22. The van der Waals surface area contributed by atoms with Crippen molar-refractivity contribution in [2.75, 3.05) is 13.2 Å². The summed E-state index contributed by atoms with van der Waals surface area (Å²) in [5, 5.41) is 0.736. The van der Waals surface area contributed by atoms with Gasteiger partial charge in [0.2, 0.25) is 0 Å². The molecule has 1 aromatic heterocycles. The van der Waals surface area contributed by atoms with E-state index in [1.165, 1.54) is 12.5 Å². The van der Waals surface area contributed by atoms with Crippen molar-refractivity contribution in [3.05, 3.63) is 30.1 Å². The quantitative estimate of drug-likeness (QED) is 0.459. The summed E-state index contributed by atoms with van der Waals surface area (Å²) in [5.74, 6) is -2.24. The van der Waals surface area contributed by atoms with E-state index in [4.69, 9.17) is 9.47 Å². The molecule has 0 N–H and O–H groups in total. The fourth-order valence-corrected chi connectivity index (χ4v) is 2.09. The van der Waals surface area contributed by atoms with Crippen molar-refractivity contribution in [3.63, 3.8) is 0 Å². The standard InChI is InChI=1S/C17H19N3O4/c1-4-23-16(21)13(17(22)24-5-2)9-18-15-12-8-11(3)6-7-14(12)19-10-20-15/h6-10,13H,4-5H2,1-3H3. The maximum atomic E-state index is 12.0. The molecule has 0 bridgehead atoms. The van der Waals surface area contributed by atoms with Crippen molar-refractivity contribution in [3.8, 4) is 0 Å². The molecule has 0 saturated carbocycles. The second kappa shape index (κ2) is 8.14. The summed E-state index contributed by atoms with van der Waals surface area (Å²) in [6.07, 6.45) is 2.59. The third kappa shape index (κ3) is 4.13. The van der Waals surface area contributed by atoms with Crippen LogP contribution in [0.4, 0.5) is 5.82 Å². The SMILES string of the molecule is CCOC(=O)C(C=Nc1ncnc2ccc(C)cc12)C(=O)OCC. The molecule has 126 valence electrons. The van der Waals surface area contributed by atoms with Crippen LogP contribution in [0.2, 0.25) is 0 Å². The van der Waals surface area contributed by atoms with Crippen LogP contribution < -0.4 is 0 Å². The fourth-order valence-electron chi connectivity index (χ4n) is 2.09. The van der Waals surface area contributed by atoms with E-state index >= 15 is 0 Å². The molecule has 0 radical (unpaired) electrons. The molecule has 7 heteroatoms. The number of carbonyl (C=O) groups excluding carboxylic acids is 2. The molecule has 1 heterocycles. The predicted octanol–water partition coefficient (Wildman–Crippen LogP) is 2.38. The maximum Gasteiger partial charge on any atom is 0.325 e. The van der Waals surface area contributed by atoms with Gasteiger partial charge in [-0.3, -0.25) is 9.59 Å². The highest BCUT2D eigenvalue weighted by Gasteiger charge is 2.27. The van der Waals surface area contributed by atoms with Gasteiger partial charge in [0.1, 0.15) is 6.33 Å². The number of hydrogen-bond acceptors (Lipinski definition) is 7. The Hall–Kier alpha value is -2.83. The predicted molar refractivity (Wildman–Crippen MR) is 89.2 cm³/mol. The Labute approximate surface area is 139 Å². The highest BCUT2D eigenvalue weighted by molar-refractivity contribution is 6.09. The Morgan fingerprint density at radius 1 is 1.17 bits per heavy atom.